The average molecular weight is 330 g/mol. The molecule has 1 fully saturated rings. The van der Waals surface area contributed by atoms with Crippen molar-refractivity contribution in [1.29, 1.82) is 0 Å². The van der Waals surface area contributed by atoms with Gasteiger partial charge in [-0.25, -0.2) is 0 Å². The number of nitrogens with zero attached hydrogens (tertiary/aromatic N) is 2. The summed E-state index contributed by atoms with van der Waals surface area (Å²) in [7, 11) is 0. The van der Waals surface area contributed by atoms with E-state index >= 15 is 0 Å². The summed E-state index contributed by atoms with van der Waals surface area (Å²) >= 11 is 1.44. The molecule has 6 heteroatoms. The maximum Gasteiger partial charge on any atom is 0.265 e. The van der Waals surface area contributed by atoms with Crippen LogP contribution in [0.15, 0.2) is 35.7 Å². The first kappa shape index (κ1) is 15.8. The van der Waals surface area contributed by atoms with E-state index in [-0.39, 0.29) is 5.91 Å². The van der Waals surface area contributed by atoms with Crippen LogP contribution in [0.4, 0.5) is 17.1 Å². The second-order valence-corrected chi connectivity index (χ2v) is 6.58. The van der Waals surface area contributed by atoms with Crippen LogP contribution in [0, 0.1) is 0 Å². The van der Waals surface area contributed by atoms with Crippen molar-refractivity contribution in [3.8, 4) is 0 Å². The van der Waals surface area contributed by atoms with Gasteiger partial charge in [0.05, 0.1) is 16.3 Å². The number of amides is 1. The Hall–Kier alpha value is -2.05. The van der Waals surface area contributed by atoms with Gasteiger partial charge in [0.1, 0.15) is 0 Å². The lowest BCUT2D eigenvalue weighted by atomic mass is 10.2. The molecular formula is C17H22N4OS. The molecule has 1 aliphatic heterocycles. The Morgan fingerprint density at radius 2 is 2.04 bits per heavy atom. The summed E-state index contributed by atoms with van der Waals surface area (Å²) in [5.74, 6) is -0.0842. The van der Waals surface area contributed by atoms with E-state index in [0.717, 1.165) is 44.1 Å². The molecular weight excluding hydrogens is 308 g/mol. The summed E-state index contributed by atoms with van der Waals surface area (Å²) in [5.41, 5.74) is 8.40. The van der Waals surface area contributed by atoms with Crippen LogP contribution in [0.2, 0.25) is 0 Å². The molecule has 1 aromatic carbocycles. The maximum absolute atomic E-state index is 12.4. The monoisotopic (exact) mass is 330 g/mol. The molecule has 2 aromatic rings. The maximum atomic E-state index is 12.4. The highest BCUT2D eigenvalue weighted by Crippen LogP contribution is 2.30. The fraction of sp³-hybridized carbons (Fsp3) is 0.353. The Morgan fingerprint density at radius 1 is 1.26 bits per heavy atom. The summed E-state index contributed by atoms with van der Waals surface area (Å²) in [4.78, 5) is 17.8. The van der Waals surface area contributed by atoms with Crippen LogP contribution in [-0.2, 0) is 0 Å². The largest absolute Gasteiger partial charge is 0.399 e. The highest BCUT2D eigenvalue weighted by atomic mass is 32.1. The van der Waals surface area contributed by atoms with Crippen LogP contribution in [0.25, 0.3) is 0 Å². The lowest BCUT2D eigenvalue weighted by Gasteiger charge is -2.36. The van der Waals surface area contributed by atoms with E-state index in [1.807, 2.05) is 35.7 Å². The number of anilines is 3. The van der Waals surface area contributed by atoms with E-state index in [1.54, 1.807) is 0 Å². The minimum Gasteiger partial charge on any atom is -0.399 e. The average Bonchev–Trinajstić information content (AvgIpc) is 3.10. The van der Waals surface area contributed by atoms with Gasteiger partial charge in [0.15, 0.2) is 0 Å². The Morgan fingerprint density at radius 3 is 2.70 bits per heavy atom. The molecule has 0 radical (unpaired) electrons. The topological polar surface area (TPSA) is 61.6 Å². The van der Waals surface area contributed by atoms with E-state index in [0.29, 0.717) is 10.6 Å². The number of piperazine rings is 1. The number of carbonyl (C=O) groups excluding carboxylic acids is 1. The van der Waals surface area contributed by atoms with Gasteiger partial charge in [0.25, 0.3) is 5.91 Å². The predicted molar refractivity (Wildman–Crippen MR) is 97.5 cm³/mol. The fourth-order valence-corrected chi connectivity index (χ4v) is 3.45. The van der Waals surface area contributed by atoms with Gasteiger partial charge in [0.2, 0.25) is 0 Å². The Bertz CT molecular complexity index is 663. The number of likely N-dealkylation sites (N-methyl/N-ethyl adjacent to an activating group) is 1. The molecule has 1 aromatic heterocycles. The van der Waals surface area contributed by atoms with Gasteiger partial charge in [-0.05, 0) is 36.2 Å². The first-order valence-electron chi connectivity index (χ1n) is 7.89. The van der Waals surface area contributed by atoms with E-state index in [4.69, 9.17) is 5.73 Å². The first-order chi connectivity index (χ1) is 11.2. The van der Waals surface area contributed by atoms with Crippen LogP contribution in [0.3, 0.4) is 0 Å². The van der Waals surface area contributed by atoms with Crippen molar-refractivity contribution in [1.82, 2.24) is 4.90 Å². The first-order valence-corrected chi connectivity index (χ1v) is 8.77. The molecule has 0 spiro atoms. The van der Waals surface area contributed by atoms with Gasteiger partial charge < -0.3 is 20.9 Å². The number of nitrogen functional groups attached to an aromatic ring is 1. The number of nitrogens with one attached hydrogen (secondary N) is 1. The number of thiophene rings is 1. The van der Waals surface area contributed by atoms with Gasteiger partial charge in [-0.15, -0.1) is 11.3 Å². The zero-order valence-corrected chi connectivity index (χ0v) is 14.1. The van der Waals surface area contributed by atoms with Gasteiger partial charge in [-0.1, -0.05) is 13.0 Å². The van der Waals surface area contributed by atoms with Crippen LogP contribution >= 0.6 is 11.3 Å². The number of nitrogens with two attached hydrogens (primary N) is 1. The van der Waals surface area contributed by atoms with Crippen molar-refractivity contribution in [3.63, 3.8) is 0 Å². The summed E-state index contributed by atoms with van der Waals surface area (Å²) in [6, 6.07) is 9.44. The summed E-state index contributed by atoms with van der Waals surface area (Å²) in [6.07, 6.45) is 0. The lowest BCUT2D eigenvalue weighted by Crippen LogP contribution is -2.46. The van der Waals surface area contributed by atoms with Crippen LogP contribution in [0.5, 0.6) is 0 Å². The number of carbonyl (C=O) groups is 1. The standard InChI is InChI=1S/C17H22N4OS/c1-2-20-7-9-21(10-8-20)15-6-5-13(18)12-14(15)19-17(22)16-4-3-11-23-16/h3-6,11-12H,2,7-10,18H2,1H3,(H,19,22). The second kappa shape index (κ2) is 7.02. The normalized spacial score (nSPS) is 15.6. The fourth-order valence-electron chi connectivity index (χ4n) is 2.83. The molecule has 0 aliphatic carbocycles. The van der Waals surface area contributed by atoms with E-state index in [2.05, 4.69) is 22.0 Å². The molecule has 0 saturated carbocycles. The summed E-state index contributed by atoms with van der Waals surface area (Å²) in [6.45, 7) is 7.26. The Labute approximate surface area is 140 Å². The highest BCUT2D eigenvalue weighted by Gasteiger charge is 2.19. The Balaban J connectivity index is 1.79. The molecule has 0 bridgehead atoms. The van der Waals surface area contributed by atoms with Crippen LogP contribution < -0.4 is 16.0 Å². The number of benzene rings is 1. The van der Waals surface area contributed by atoms with Gasteiger partial charge in [-0.3, -0.25) is 4.79 Å². The number of hydrogen-bond donors (Lipinski definition) is 2. The molecule has 5 nitrogen and oxygen atoms in total. The smallest absolute Gasteiger partial charge is 0.265 e. The van der Waals surface area contributed by atoms with E-state index < -0.39 is 0 Å². The summed E-state index contributed by atoms with van der Waals surface area (Å²) in [5, 5.41) is 4.91. The molecule has 0 unspecified atom stereocenters. The highest BCUT2D eigenvalue weighted by molar-refractivity contribution is 7.12. The molecule has 3 N–H and O–H groups in total. The zero-order chi connectivity index (χ0) is 16.2. The van der Waals surface area contributed by atoms with Gasteiger partial charge >= 0.3 is 0 Å². The third kappa shape index (κ3) is 3.65. The molecule has 0 atom stereocenters. The second-order valence-electron chi connectivity index (χ2n) is 5.63. The predicted octanol–water partition coefficient (Wildman–Crippen LogP) is 2.72. The third-order valence-corrected chi connectivity index (χ3v) is 5.04. The molecule has 122 valence electrons. The van der Waals surface area contributed by atoms with Gasteiger partial charge in [-0.2, -0.15) is 0 Å². The molecule has 2 heterocycles. The van der Waals surface area contributed by atoms with E-state index in [9.17, 15) is 4.79 Å². The summed E-state index contributed by atoms with van der Waals surface area (Å²) < 4.78 is 0. The number of rotatable bonds is 4. The number of hydrogen-bond acceptors (Lipinski definition) is 5. The molecule has 1 aliphatic rings. The molecule has 1 amide bonds. The van der Waals surface area contributed by atoms with Crippen molar-refractivity contribution >= 4 is 34.3 Å². The van der Waals surface area contributed by atoms with Crippen molar-refractivity contribution in [2.75, 3.05) is 48.7 Å². The van der Waals surface area contributed by atoms with Crippen molar-refractivity contribution < 1.29 is 4.79 Å². The third-order valence-electron chi connectivity index (χ3n) is 4.17. The van der Waals surface area contributed by atoms with Crippen LogP contribution in [-0.4, -0.2) is 43.5 Å². The SMILES string of the molecule is CCN1CCN(c2ccc(N)cc2NC(=O)c2cccs2)CC1. The van der Waals surface area contributed by atoms with Gasteiger partial charge in [0, 0.05) is 31.9 Å². The molecule has 3 rings (SSSR count). The van der Waals surface area contributed by atoms with Crippen LogP contribution in [0.1, 0.15) is 16.6 Å². The van der Waals surface area contributed by atoms with Crippen molar-refractivity contribution in [2.24, 2.45) is 0 Å². The van der Waals surface area contributed by atoms with E-state index in [1.165, 1.54) is 11.3 Å². The lowest BCUT2D eigenvalue weighted by molar-refractivity contribution is 0.103. The zero-order valence-electron chi connectivity index (χ0n) is 13.3. The minimum atomic E-state index is -0.0842. The van der Waals surface area contributed by atoms with Crippen molar-refractivity contribution in [3.05, 3.63) is 40.6 Å². The van der Waals surface area contributed by atoms with Crippen molar-refractivity contribution in [2.45, 2.75) is 6.92 Å². The quantitative estimate of drug-likeness (QED) is 0.846. The Kier molecular flexibility index (Phi) is 4.83. The molecule has 1 saturated heterocycles. The minimum absolute atomic E-state index is 0.0842. The molecule has 23 heavy (non-hydrogen) atoms.